The van der Waals surface area contributed by atoms with E-state index in [0.717, 1.165) is 30.0 Å². The van der Waals surface area contributed by atoms with Gasteiger partial charge in [0.25, 0.3) is 0 Å². The topological polar surface area (TPSA) is 38.5 Å². The van der Waals surface area contributed by atoms with E-state index >= 15 is 0 Å². The summed E-state index contributed by atoms with van der Waals surface area (Å²) in [5, 5.41) is 0.737. The highest BCUT2D eigenvalue weighted by molar-refractivity contribution is 6.30. The first-order valence-electron chi connectivity index (χ1n) is 6.91. The van der Waals surface area contributed by atoms with Crippen LogP contribution in [-0.4, -0.2) is 26.3 Å². The molecule has 0 aliphatic heterocycles. The van der Waals surface area contributed by atoms with Crippen molar-refractivity contribution >= 4 is 17.3 Å². The average molecular weight is 285 g/mol. The molecule has 108 valence electrons. The number of hydrogen-bond donors (Lipinski definition) is 1. The lowest BCUT2D eigenvalue weighted by Gasteiger charge is -2.34. The van der Waals surface area contributed by atoms with Crippen LogP contribution in [0.3, 0.4) is 0 Å². The van der Waals surface area contributed by atoms with E-state index in [1.807, 2.05) is 12.1 Å². The van der Waals surface area contributed by atoms with E-state index in [4.69, 9.17) is 22.1 Å². The fourth-order valence-electron chi connectivity index (χ4n) is 2.42. The SMILES string of the molecule is CCC(CC)N(CCOC)c1ccc(Cl)cc1CN. The van der Waals surface area contributed by atoms with Crippen molar-refractivity contribution in [3.63, 3.8) is 0 Å². The Morgan fingerprint density at radius 1 is 1.32 bits per heavy atom. The number of rotatable bonds is 8. The second-order valence-corrected chi connectivity index (χ2v) is 5.07. The van der Waals surface area contributed by atoms with Crippen molar-refractivity contribution in [3.8, 4) is 0 Å². The smallest absolute Gasteiger partial charge is 0.0637 e. The largest absolute Gasteiger partial charge is 0.383 e. The number of halogens is 1. The van der Waals surface area contributed by atoms with Crippen molar-refractivity contribution in [2.45, 2.75) is 39.3 Å². The van der Waals surface area contributed by atoms with Gasteiger partial charge in [-0.25, -0.2) is 0 Å². The van der Waals surface area contributed by atoms with Gasteiger partial charge >= 0.3 is 0 Å². The zero-order valence-electron chi connectivity index (χ0n) is 12.2. The van der Waals surface area contributed by atoms with E-state index < -0.39 is 0 Å². The number of nitrogens with zero attached hydrogens (tertiary/aromatic N) is 1. The van der Waals surface area contributed by atoms with E-state index in [0.29, 0.717) is 19.2 Å². The molecular weight excluding hydrogens is 260 g/mol. The van der Waals surface area contributed by atoms with Crippen molar-refractivity contribution < 1.29 is 4.74 Å². The number of anilines is 1. The highest BCUT2D eigenvalue weighted by Gasteiger charge is 2.18. The molecule has 0 aliphatic rings. The van der Waals surface area contributed by atoms with Crippen LogP contribution in [-0.2, 0) is 11.3 Å². The lowest BCUT2D eigenvalue weighted by atomic mass is 10.1. The Balaban J connectivity index is 3.08. The van der Waals surface area contributed by atoms with Gasteiger partial charge in [-0.2, -0.15) is 0 Å². The molecule has 0 atom stereocenters. The zero-order chi connectivity index (χ0) is 14.3. The van der Waals surface area contributed by atoms with Crippen molar-refractivity contribution in [1.82, 2.24) is 0 Å². The van der Waals surface area contributed by atoms with Gasteiger partial charge in [-0.3, -0.25) is 0 Å². The van der Waals surface area contributed by atoms with Crippen LogP contribution in [0.5, 0.6) is 0 Å². The van der Waals surface area contributed by atoms with E-state index in [9.17, 15) is 0 Å². The Bertz CT molecular complexity index is 380. The first kappa shape index (κ1) is 16.3. The van der Waals surface area contributed by atoms with Crippen LogP contribution in [0.25, 0.3) is 0 Å². The number of ether oxygens (including phenoxy) is 1. The van der Waals surface area contributed by atoms with Gasteiger partial charge in [0, 0.05) is 37.0 Å². The maximum Gasteiger partial charge on any atom is 0.0637 e. The van der Waals surface area contributed by atoms with Crippen LogP contribution >= 0.6 is 11.6 Å². The number of benzene rings is 1. The van der Waals surface area contributed by atoms with Gasteiger partial charge in [0.1, 0.15) is 0 Å². The van der Waals surface area contributed by atoms with Crippen LogP contribution < -0.4 is 10.6 Å². The predicted octanol–water partition coefficient (Wildman–Crippen LogP) is 3.44. The van der Waals surface area contributed by atoms with E-state index in [1.54, 1.807) is 7.11 Å². The molecule has 1 aromatic carbocycles. The van der Waals surface area contributed by atoms with Gasteiger partial charge in [-0.05, 0) is 36.6 Å². The monoisotopic (exact) mass is 284 g/mol. The molecule has 0 amide bonds. The molecule has 1 aromatic rings. The predicted molar refractivity (Wildman–Crippen MR) is 82.9 cm³/mol. The van der Waals surface area contributed by atoms with E-state index in [1.165, 1.54) is 5.69 Å². The third-order valence-corrected chi connectivity index (χ3v) is 3.73. The average Bonchev–Trinajstić information content (AvgIpc) is 2.43. The minimum Gasteiger partial charge on any atom is -0.383 e. The molecule has 19 heavy (non-hydrogen) atoms. The van der Waals surface area contributed by atoms with Crippen LogP contribution in [0.1, 0.15) is 32.3 Å². The third kappa shape index (κ3) is 4.37. The lowest BCUT2D eigenvalue weighted by molar-refractivity contribution is 0.202. The summed E-state index contributed by atoms with van der Waals surface area (Å²) in [4.78, 5) is 2.39. The minimum atomic E-state index is 0.500. The lowest BCUT2D eigenvalue weighted by Crippen LogP contribution is -2.37. The maximum atomic E-state index is 6.05. The summed E-state index contributed by atoms with van der Waals surface area (Å²) in [6.07, 6.45) is 2.21. The molecule has 0 spiro atoms. The molecule has 4 heteroatoms. The van der Waals surface area contributed by atoms with E-state index in [2.05, 4.69) is 24.8 Å². The first-order valence-corrected chi connectivity index (χ1v) is 7.29. The van der Waals surface area contributed by atoms with Gasteiger partial charge in [-0.15, -0.1) is 0 Å². The van der Waals surface area contributed by atoms with E-state index in [-0.39, 0.29) is 0 Å². The highest BCUT2D eigenvalue weighted by Crippen LogP contribution is 2.27. The molecule has 0 aliphatic carbocycles. The Hall–Kier alpha value is -0.770. The van der Waals surface area contributed by atoms with Crippen molar-refractivity contribution in [3.05, 3.63) is 28.8 Å². The molecule has 0 saturated heterocycles. The normalized spacial score (nSPS) is 11.1. The maximum absolute atomic E-state index is 6.05. The van der Waals surface area contributed by atoms with Gasteiger partial charge in [0.2, 0.25) is 0 Å². The Morgan fingerprint density at radius 3 is 2.53 bits per heavy atom. The van der Waals surface area contributed by atoms with Crippen molar-refractivity contribution in [1.29, 1.82) is 0 Å². The van der Waals surface area contributed by atoms with Gasteiger partial charge in [0.15, 0.2) is 0 Å². The number of nitrogens with two attached hydrogens (primary N) is 1. The highest BCUT2D eigenvalue weighted by atomic mass is 35.5. The summed E-state index contributed by atoms with van der Waals surface area (Å²) in [5.74, 6) is 0. The second kappa shape index (κ2) is 8.41. The molecule has 1 rings (SSSR count). The van der Waals surface area contributed by atoms with Gasteiger partial charge < -0.3 is 15.4 Å². The van der Waals surface area contributed by atoms with Crippen LogP contribution in [0, 0.1) is 0 Å². The van der Waals surface area contributed by atoms with Gasteiger partial charge in [0.05, 0.1) is 6.61 Å². The first-order chi connectivity index (χ1) is 9.17. The molecule has 0 unspecified atom stereocenters. The fourth-order valence-corrected chi connectivity index (χ4v) is 2.61. The molecule has 0 bridgehead atoms. The molecular formula is C15H25ClN2O. The Kier molecular flexibility index (Phi) is 7.21. The molecule has 2 N–H and O–H groups in total. The molecule has 0 fully saturated rings. The summed E-state index contributed by atoms with van der Waals surface area (Å²) in [7, 11) is 1.73. The van der Waals surface area contributed by atoms with Gasteiger partial charge in [-0.1, -0.05) is 25.4 Å². The Morgan fingerprint density at radius 2 is 2.00 bits per heavy atom. The van der Waals surface area contributed by atoms with Crippen molar-refractivity contribution in [2.75, 3.05) is 25.2 Å². The zero-order valence-corrected chi connectivity index (χ0v) is 12.9. The van der Waals surface area contributed by atoms with Crippen LogP contribution in [0.15, 0.2) is 18.2 Å². The summed E-state index contributed by atoms with van der Waals surface area (Å²) < 4.78 is 5.23. The van der Waals surface area contributed by atoms with Crippen molar-refractivity contribution in [2.24, 2.45) is 5.73 Å². The minimum absolute atomic E-state index is 0.500. The third-order valence-electron chi connectivity index (χ3n) is 3.49. The summed E-state index contributed by atoms with van der Waals surface area (Å²) in [6.45, 7) is 6.51. The van der Waals surface area contributed by atoms with Crippen LogP contribution in [0.2, 0.25) is 5.02 Å². The summed E-state index contributed by atoms with van der Waals surface area (Å²) in [5.41, 5.74) is 8.12. The molecule has 3 nitrogen and oxygen atoms in total. The van der Waals surface area contributed by atoms with Crippen LogP contribution in [0.4, 0.5) is 5.69 Å². The fraction of sp³-hybridized carbons (Fsp3) is 0.600. The molecule has 0 saturated carbocycles. The molecule has 0 aromatic heterocycles. The standard InChI is InChI=1S/C15H25ClN2O/c1-4-14(5-2)18(8-9-19-3)15-7-6-13(16)10-12(15)11-17/h6-7,10,14H,4-5,8-9,11,17H2,1-3H3. The summed E-state index contributed by atoms with van der Waals surface area (Å²) >= 11 is 6.05. The molecule has 0 radical (unpaired) electrons. The molecule has 0 heterocycles. The quantitative estimate of drug-likeness (QED) is 0.795. The Labute approximate surface area is 121 Å². The number of methoxy groups -OCH3 is 1. The second-order valence-electron chi connectivity index (χ2n) is 4.63. The number of hydrogen-bond acceptors (Lipinski definition) is 3. The summed E-state index contributed by atoms with van der Waals surface area (Å²) in [6, 6.07) is 6.46.